The van der Waals surface area contributed by atoms with Crippen molar-refractivity contribution in [1.29, 1.82) is 0 Å². The maximum absolute atomic E-state index is 12.9. The van der Waals surface area contributed by atoms with E-state index in [1.165, 1.54) is 0 Å². The lowest BCUT2D eigenvalue weighted by molar-refractivity contribution is 0.0361. The lowest BCUT2D eigenvalue weighted by Gasteiger charge is -2.38. The normalized spacial score (nSPS) is 20.6. The smallest absolute Gasteiger partial charge is 0.291 e. The lowest BCUT2D eigenvalue weighted by atomic mass is 10.1. The standard InChI is InChI=1S/C23H29N7O4/c1-14-9-30(13-26-21(14)32-4)29-8-6-19-18(11-29)22(25-12-24-19)34-17-5-7-28(10-17)23(31)20-15(2)27-16(3)33-20/h12-13,17H,5-11H2,1-4H3. The van der Waals surface area contributed by atoms with E-state index in [1.54, 1.807) is 38.5 Å². The number of carbonyl (C=O) groups excluding carboxylic acids is 1. The van der Waals surface area contributed by atoms with Gasteiger partial charge in [-0.2, -0.15) is 0 Å². The van der Waals surface area contributed by atoms with Gasteiger partial charge in [0.05, 0.1) is 43.7 Å². The average molecular weight is 468 g/mol. The first-order chi connectivity index (χ1) is 16.4. The number of nitrogens with zero attached hydrogens (tertiary/aromatic N) is 7. The summed E-state index contributed by atoms with van der Waals surface area (Å²) in [4.78, 5) is 32.2. The fourth-order valence-electron chi connectivity index (χ4n) is 4.64. The molecule has 0 spiro atoms. The number of oxazole rings is 1. The third-order valence-electron chi connectivity index (χ3n) is 6.38. The van der Waals surface area contributed by atoms with Crippen LogP contribution in [0.15, 0.2) is 27.2 Å². The second kappa shape index (κ2) is 9.05. The van der Waals surface area contributed by atoms with E-state index in [0.717, 1.165) is 36.2 Å². The number of rotatable bonds is 5. The Morgan fingerprint density at radius 2 is 2.03 bits per heavy atom. The molecule has 180 valence electrons. The molecule has 0 saturated carbocycles. The predicted octanol–water partition coefficient (Wildman–Crippen LogP) is 1.87. The number of methoxy groups -OCH3 is 1. The Hall–Kier alpha value is -3.47. The summed E-state index contributed by atoms with van der Waals surface area (Å²) in [5.41, 5.74) is 3.66. The zero-order valence-corrected chi connectivity index (χ0v) is 19.9. The van der Waals surface area contributed by atoms with Crippen molar-refractivity contribution in [3.05, 3.63) is 46.4 Å². The third kappa shape index (κ3) is 4.23. The summed E-state index contributed by atoms with van der Waals surface area (Å²) in [7, 11) is 1.63. The monoisotopic (exact) mass is 467 g/mol. The van der Waals surface area contributed by atoms with Crippen molar-refractivity contribution in [2.24, 2.45) is 4.99 Å². The number of aromatic nitrogens is 3. The Morgan fingerprint density at radius 1 is 1.18 bits per heavy atom. The minimum atomic E-state index is -0.150. The van der Waals surface area contributed by atoms with E-state index >= 15 is 0 Å². The number of fused-ring (bicyclic) bond motifs is 1. The Balaban J connectivity index is 1.26. The fourth-order valence-corrected chi connectivity index (χ4v) is 4.64. The molecule has 0 radical (unpaired) electrons. The van der Waals surface area contributed by atoms with Gasteiger partial charge in [0, 0.05) is 38.4 Å². The number of hydrogen-bond acceptors (Lipinski definition) is 10. The Morgan fingerprint density at radius 3 is 2.76 bits per heavy atom. The number of hydrazine groups is 1. The van der Waals surface area contributed by atoms with Gasteiger partial charge >= 0.3 is 0 Å². The number of hydrogen-bond donors (Lipinski definition) is 0. The van der Waals surface area contributed by atoms with E-state index in [4.69, 9.17) is 13.9 Å². The van der Waals surface area contributed by atoms with Crippen LogP contribution in [0.5, 0.6) is 5.88 Å². The van der Waals surface area contributed by atoms with Crippen LogP contribution >= 0.6 is 0 Å². The number of aryl methyl sites for hydroxylation is 2. The average Bonchev–Trinajstić information content (AvgIpc) is 3.44. The fraction of sp³-hybridized carbons (Fsp3) is 0.522. The van der Waals surface area contributed by atoms with Crippen molar-refractivity contribution < 1.29 is 18.7 Å². The molecule has 3 aliphatic rings. The first-order valence-corrected chi connectivity index (χ1v) is 11.4. The summed E-state index contributed by atoms with van der Waals surface area (Å²) in [6.45, 7) is 8.78. The minimum absolute atomic E-state index is 0.145. The van der Waals surface area contributed by atoms with Gasteiger partial charge in [-0.15, -0.1) is 0 Å². The minimum Gasteiger partial charge on any atom is -0.481 e. The van der Waals surface area contributed by atoms with Gasteiger partial charge in [-0.1, -0.05) is 0 Å². The molecule has 2 aromatic heterocycles. The van der Waals surface area contributed by atoms with Crippen LogP contribution in [-0.2, 0) is 17.7 Å². The van der Waals surface area contributed by atoms with Gasteiger partial charge in [0.25, 0.3) is 5.91 Å². The van der Waals surface area contributed by atoms with E-state index in [2.05, 4.69) is 30.0 Å². The second-order valence-electron chi connectivity index (χ2n) is 8.80. The largest absolute Gasteiger partial charge is 0.481 e. The quantitative estimate of drug-likeness (QED) is 0.651. The highest BCUT2D eigenvalue weighted by Gasteiger charge is 2.33. The molecule has 1 atom stereocenters. The van der Waals surface area contributed by atoms with Gasteiger partial charge < -0.3 is 18.8 Å². The highest BCUT2D eigenvalue weighted by Crippen LogP contribution is 2.29. The van der Waals surface area contributed by atoms with Crippen molar-refractivity contribution >= 4 is 12.2 Å². The maximum atomic E-state index is 12.9. The molecule has 0 aliphatic carbocycles. The summed E-state index contributed by atoms with van der Waals surface area (Å²) in [6.07, 6.45) is 4.73. The van der Waals surface area contributed by atoms with Crippen LogP contribution in [0.2, 0.25) is 0 Å². The van der Waals surface area contributed by atoms with Gasteiger partial charge in [-0.25, -0.2) is 25.0 Å². The molecular formula is C23H29N7O4. The Bertz CT molecular complexity index is 1160. The number of ether oxygens (including phenoxy) is 2. The summed E-state index contributed by atoms with van der Waals surface area (Å²) >= 11 is 0. The topological polar surface area (TPSA) is 109 Å². The SMILES string of the molecule is COC1=C(C)CN(N2CCc3ncnc(OC4CCN(C(=O)c5oc(C)nc5C)C4)c3C2)C=N1. The van der Waals surface area contributed by atoms with Gasteiger partial charge in [0.1, 0.15) is 18.8 Å². The Kier molecular flexibility index (Phi) is 5.94. The summed E-state index contributed by atoms with van der Waals surface area (Å²) in [6, 6.07) is 0. The van der Waals surface area contributed by atoms with Crippen LogP contribution in [0.3, 0.4) is 0 Å². The maximum Gasteiger partial charge on any atom is 0.291 e. The predicted molar refractivity (Wildman–Crippen MR) is 122 cm³/mol. The molecule has 11 nitrogen and oxygen atoms in total. The first-order valence-electron chi connectivity index (χ1n) is 11.4. The highest BCUT2D eigenvalue weighted by atomic mass is 16.5. The molecule has 34 heavy (non-hydrogen) atoms. The van der Waals surface area contributed by atoms with E-state index in [-0.39, 0.29) is 12.0 Å². The lowest BCUT2D eigenvalue weighted by Crippen LogP contribution is -2.46. The molecule has 5 rings (SSSR count). The van der Waals surface area contributed by atoms with Crippen molar-refractivity contribution in [3.8, 4) is 5.88 Å². The molecule has 1 fully saturated rings. The van der Waals surface area contributed by atoms with Crippen molar-refractivity contribution in [2.75, 3.05) is 33.3 Å². The van der Waals surface area contributed by atoms with E-state index in [9.17, 15) is 4.79 Å². The number of amides is 1. The molecule has 0 bridgehead atoms. The van der Waals surface area contributed by atoms with Crippen molar-refractivity contribution in [1.82, 2.24) is 29.9 Å². The van der Waals surface area contributed by atoms with Crippen LogP contribution in [0.1, 0.15) is 46.7 Å². The molecule has 3 aliphatic heterocycles. The first kappa shape index (κ1) is 22.3. The molecule has 11 heteroatoms. The summed E-state index contributed by atoms with van der Waals surface area (Å²) < 4.78 is 17.1. The van der Waals surface area contributed by atoms with Crippen molar-refractivity contribution in [3.63, 3.8) is 0 Å². The van der Waals surface area contributed by atoms with Gasteiger partial charge in [0.15, 0.2) is 5.89 Å². The molecule has 5 heterocycles. The highest BCUT2D eigenvalue weighted by molar-refractivity contribution is 5.92. The van der Waals surface area contributed by atoms with Crippen LogP contribution in [0.25, 0.3) is 0 Å². The zero-order chi connectivity index (χ0) is 23.8. The molecular weight excluding hydrogens is 438 g/mol. The summed E-state index contributed by atoms with van der Waals surface area (Å²) in [5, 5.41) is 4.31. The number of aliphatic imine (C=N–C) groups is 1. The second-order valence-corrected chi connectivity index (χ2v) is 8.80. The van der Waals surface area contributed by atoms with E-state index in [0.29, 0.717) is 55.3 Å². The molecule has 0 N–H and O–H groups in total. The molecule has 2 aromatic rings. The Labute approximate surface area is 198 Å². The number of likely N-dealkylation sites (tertiary alicyclic amines) is 1. The van der Waals surface area contributed by atoms with Gasteiger partial charge in [0.2, 0.25) is 17.5 Å². The van der Waals surface area contributed by atoms with E-state index in [1.807, 2.05) is 6.92 Å². The van der Waals surface area contributed by atoms with Crippen molar-refractivity contribution in [2.45, 2.75) is 46.3 Å². The van der Waals surface area contributed by atoms with Crippen LogP contribution < -0.4 is 4.74 Å². The third-order valence-corrected chi connectivity index (χ3v) is 6.38. The summed E-state index contributed by atoms with van der Waals surface area (Å²) in [5.74, 6) is 1.89. The molecule has 1 amide bonds. The van der Waals surface area contributed by atoms with Gasteiger partial charge in [-0.3, -0.25) is 9.80 Å². The zero-order valence-electron chi connectivity index (χ0n) is 19.9. The van der Waals surface area contributed by atoms with Gasteiger partial charge in [-0.05, 0) is 13.8 Å². The van der Waals surface area contributed by atoms with Crippen LogP contribution in [0.4, 0.5) is 0 Å². The van der Waals surface area contributed by atoms with Crippen LogP contribution in [0, 0.1) is 13.8 Å². The van der Waals surface area contributed by atoms with Crippen LogP contribution in [-0.4, -0.2) is 81.5 Å². The molecule has 0 aromatic carbocycles. The number of carbonyl (C=O) groups is 1. The molecule has 1 unspecified atom stereocenters. The van der Waals surface area contributed by atoms with E-state index < -0.39 is 0 Å². The molecule has 1 saturated heterocycles.